The monoisotopic (exact) mass is 229 g/mol. The number of halogens is 1. The van der Waals surface area contributed by atoms with E-state index in [2.05, 4.69) is 6.07 Å². The van der Waals surface area contributed by atoms with Gasteiger partial charge in [0.1, 0.15) is 5.82 Å². The summed E-state index contributed by atoms with van der Waals surface area (Å²) in [5.41, 5.74) is 1.08. The zero-order valence-corrected chi connectivity index (χ0v) is 9.17. The summed E-state index contributed by atoms with van der Waals surface area (Å²) in [7, 11) is 0. The summed E-state index contributed by atoms with van der Waals surface area (Å²) >= 11 is 1.54. The Morgan fingerprint density at radius 3 is 2.81 bits per heavy atom. The Labute approximate surface area is 97.1 Å². The number of allylic oxidation sites excluding steroid dienone is 1. The molecule has 0 spiro atoms. The van der Waals surface area contributed by atoms with Crippen molar-refractivity contribution in [2.75, 3.05) is 0 Å². The van der Waals surface area contributed by atoms with E-state index in [0.717, 1.165) is 4.88 Å². The summed E-state index contributed by atoms with van der Waals surface area (Å²) in [6, 6.07) is 12.0. The van der Waals surface area contributed by atoms with Gasteiger partial charge in [-0.25, -0.2) is 4.39 Å². The molecular weight excluding hydrogens is 221 g/mol. The highest BCUT2D eigenvalue weighted by Crippen LogP contribution is 2.20. The largest absolute Gasteiger partial charge is 0.207 e. The molecular formula is C13H8FNS. The van der Waals surface area contributed by atoms with E-state index in [9.17, 15) is 4.39 Å². The van der Waals surface area contributed by atoms with E-state index in [1.54, 1.807) is 29.5 Å². The van der Waals surface area contributed by atoms with Crippen molar-refractivity contribution in [3.63, 3.8) is 0 Å². The van der Waals surface area contributed by atoms with Crippen molar-refractivity contribution < 1.29 is 4.39 Å². The Kier molecular flexibility index (Phi) is 3.13. The number of nitrogens with zero attached hydrogens (tertiary/aromatic N) is 1. The first-order valence-corrected chi connectivity index (χ1v) is 5.59. The topological polar surface area (TPSA) is 23.8 Å². The lowest BCUT2D eigenvalue weighted by Gasteiger charge is -1.98. The van der Waals surface area contributed by atoms with Crippen LogP contribution >= 0.6 is 11.3 Å². The van der Waals surface area contributed by atoms with Gasteiger partial charge in [-0.1, -0.05) is 18.2 Å². The van der Waals surface area contributed by atoms with E-state index in [1.807, 2.05) is 17.5 Å². The van der Waals surface area contributed by atoms with E-state index in [4.69, 9.17) is 5.26 Å². The van der Waals surface area contributed by atoms with Crippen molar-refractivity contribution in [1.82, 2.24) is 0 Å². The Bertz CT molecular complexity index is 550. The Balaban J connectivity index is 2.41. The lowest BCUT2D eigenvalue weighted by atomic mass is 10.1. The summed E-state index contributed by atoms with van der Waals surface area (Å²) in [5.74, 6) is -0.329. The SMILES string of the molecule is N#C/C(=C/c1cccs1)c1cccc(F)c1. The maximum Gasteiger partial charge on any atom is 0.123 e. The molecule has 0 aliphatic heterocycles. The van der Waals surface area contributed by atoms with Crippen LogP contribution in [0.3, 0.4) is 0 Å². The van der Waals surface area contributed by atoms with Gasteiger partial charge >= 0.3 is 0 Å². The molecule has 1 heterocycles. The minimum Gasteiger partial charge on any atom is -0.207 e. The smallest absolute Gasteiger partial charge is 0.123 e. The van der Waals surface area contributed by atoms with E-state index in [1.165, 1.54) is 12.1 Å². The zero-order valence-electron chi connectivity index (χ0n) is 8.35. The van der Waals surface area contributed by atoms with Crippen molar-refractivity contribution >= 4 is 23.0 Å². The molecule has 0 unspecified atom stereocenters. The fourth-order valence-corrected chi connectivity index (χ4v) is 2.01. The maximum absolute atomic E-state index is 13.0. The number of benzene rings is 1. The molecule has 2 aromatic rings. The van der Waals surface area contributed by atoms with Crippen LogP contribution in [0.2, 0.25) is 0 Å². The van der Waals surface area contributed by atoms with Gasteiger partial charge in [0.05, 0.1) is 11.6 Å². The van der Waals surface area contributed by atoms with Crippen molar-refractivity contribution in [2.45, 2.75) is 0 Å². The van der Waals surface area contributed by atoms with Crippen LogP contribution in [0.25, 0.3) is 11.6 Å². The van der Waals surface area contributed by atoms with Crippen LogP contribution in [0, 0.1) is 17.1 Å². The maximum atomic E-state index is 13.0. The predicted molar refractivity (Wildman–Crippen MR) is 64.2 cm³/mol. The molecule has 0 atom stereocenters. The lowest BCUT2D eigenvalue weighted by molar-refractivity contribution is 0.627. The molecule has 0 N–H and O–H groups in total. The van der Waals surface area contributed by atoms with Crippen LogP contribution in [0.4, 0.5) is 4.39 Å². The molecule has 0 bridgehead atoms. The first kappa shape index (κ1) is 10.6. The van der Waals surface area contributed by atoms with Gasteiger partial charge in [-0.15, -0.1) is 11.3 Å². The third kappa shape index (κ3) is 2.36. The van der Waals surface area contributed by atoms with E-state index in [-0.39, 0.29) is 5.82 Å². The summed E-state index contributed by atoms with van der Waals surface area (Å²) in [6.07, 6.45) is 1.76. The molecule has 0 saturated carbocycles. The van der Waals surface area contributed by atoms with Gasteiger partial charge in [0, 0.05) is 4.88 Å². The first-order chi connectivity index (χ1) is 7.79. The van der Waals surface area contributed by atoms with Gasteiger partial charge in [-0.2, -0.15) is 5.26 Å². The highest BCUT2D eigenvalue weighted by molar-refractivity contribution is 7.10. The number of hydrogen-bond acceptors (Lipinski definition) is 2. The second-order valence-corrected chi connectivity index (χ2v) is 4.17. The van der Waals surface area contributed by atoms with Crippen LogP contribution < -0.4 is 0 Å². The van der Waals surface area contributed by atoms with Crippen LogP contribution in [0.1, 0.15) is 10.4 Å². The average molecular weight is 229 g/mol. The summed E-state index contributed by atoms with van der Waals surface area (Å²) in [5, 5.41) is 11.0. The average Bonchev–Trinajstić information content (AvgIpc) is 2.78. The summed E-state index contributed by atoms with van der Waals surface area (Å²) in [6.45, 7) is 0. The predicted octanol–water partition coefficient (Wildman–Crippen LogP) is 3.95. The van der Waals surface area contributed by atoms with Crippen LogP contribution in [-0.2, 0) is 0 Å². The van der Waals surface area contributed by atoms with Gasteiger partial charge in [0.15, 0.2) is 0 Å². The quantitative estimate of drug-likeness (QED) is 0.715. The number of nitriles is 1. The molecule has 3 heteroatoms. The molecule has 1 aromatic heterocycles. The lowest BCUT2D eigenvalue weighted by Crippen LogP contribution is -1.82. The molecule has 78 valence electrons. The summed E-state index contributed by atoms with van der Waals surface area (Å²) < 4.78 is 13.0. The normalized spacial score (nSPS) is 11.1. The number of thiophene rings is 1. The van der Waals surface area contributed by atoms with Crippen molar-refractivity contribution in [3.8, 4) is 6.07 Å². The molecule has 2 rings (SSSR count). The molecule has 16 heavy (non-hydrogen) atoms. The van der Waals surface area contributed by atoms with Crippen LogP contribution in [0.5, 0.6) is 0 Å². The molecule has 0 aliphatic carbocycles. The van der Waals surface area contributed by atoms with Gasteiger partial charge < -0.3 is 0 Å². The van der Waals surface area contributed by atoms with Crippen LogP contribution in [0.15, 0.2) is 41.8 Å². The standard InChI is InChI=1S/C13H8FNS/c14-12-4-1-3-10(7-12)11(9-15)8-13-5-2-6-16-13/h1-8H/b11-8-. The Morgan fingerprint density at radius 2 is 2.19 bits per heavy atom. The fraction of sp³-hybridized carbons (Fsp3) is 0. The highest BCUT2D eigenvalue weighted by Gasteiger charge is 2.02. The van der Waals surface area contributed by atoms with E-state index >= 15 is 0 Å². The minimum atomic E-state index is -0.329. The zero-order chi connectivity index (χ0) is 11.4. The second-order valence-electron chi connectivity index (χ2n) is 3.20. The molecule has 1 nitrogen and oxygen atoms in total. The van der Waals surface area contributed by atoms with Gasteiger partial charge in [0.2, 0.25) is 0 Å². The van der Waals surface area contributed by atoms with Gasteiger partial charge in [-0.05, 0) is 35.2 Å². The van der Waals surface area contributed by atoms with E-state index in [0.29, 0.717) is 11.1 Å². The Hall–Kier alpha value is -1.92. The molecule has 1 aromatic carbocycles. The summed E-state index contributed by atoms with van der Waals surface area (Å²) in [4.78, 5) is 0.987. The van der Waals surface area contributed by atoms with E-state index < -0.39 is 0 Å². The van der Waals surface area contributed by atoms with Crippen molar-refractivity contribution in [3.05, 3.63) is 58.0 Å². The highest BCUT2D eigenvalue weighted by atomic mass is 32.1. The molecule has 0 aliphatic rings. The molecule has 0 radical (unpaired) electrons. The third-order valence-electron chi connectivity index (χ3n) is 2.09. The van der Waals surface area contributed by atoms with Gasteiger partial charge in [-0.3, -0.25) is 0 Å². The van der Waals surface area contributed by atoms with Gasteiger partial charge in [0.25, 0.3) is 0 Å². The third-order valence-corrected chi connectivity index (χ3v) is 2.91. The van der Waals surface area contributed by atoms with Crippen molar-refractivity contribution in [2.24, 2.45) is 0 Å². The van der Waals surface area contributed by atoms with Crippen LogP contribution in [-0.4, -0.2) is 0 Å². The second kappa shape index (κ2) is 4.73. The number of rotatable bonds is 2. The molecule has 0 amide bonds. The minimum absolute atomic E-state index is 0.329. The number of hydrogen-bond donors (Lipinski definition) is 0. The fourth-order valence-electron chi connectivity index (χ4n) is 1.35. The van der Waals surface area contributed by atoms with Crippen molar-refractivity contribution in [1.29, 1.82) is 5.26 Å². The first-order valence-electron chi connectivity index (χ1n) is 4.71. The molecule has 0 fully saturated rings. The molecule has 0 saturated heterocycles. The Morgan fingerprint density at radius 1 is 1.31 bits per heavy atom.